The summed E-state index contributed by atoms with van der Waals surface area (Å²) in [5.74, 6) is 0. The fourth-order valence-electron chi connectivity index (χ4n) is 2.42. The largest absolute Gasteiger partial charge is 0.328 e. The van der Waals surface area contributed by atoms with Crippen LogP contribution in [-0.4, -0.2) is 42.1 Å². The van der Waals surface area contributed by atoms with Crippen LogP contribution in [0.25, 0.3) is 0 Å². The van der Waals surface area contributed by atoms with E-state index in [1.54, 1.807) is 14.0 Å². The van der Waals surface area contributed by atoms with Crippen LogP contribution in [0.3, 0.4) is 0 Å². The average Bonchev–Trinajstić information content (AvgIpc) is 2.76. The third-order valence-corrected chi connectivity index (χ3v) is 5.72. The molecule has 0 radical (unpaired) electrons. The van der Waals surface area contributed by atoms with Crippen molar-refractivity contribution in [2.45, 2.75) is 49.6 Å². The molecule has 0 unspecified atom stereocenters. The normalized spacial score (nSPS) is 25.6. The van der Waals surface area contributed by atoms with Crippen molar-refractivity contribution in [2.75, 3.05) is 7.05 Å². The molecule has 1 heterocycles. The van der Waals surface area contributed by atoms with Crippen LogP contribution in [0, 0.1) is 6.92 Å². The van der Waals surface area contributed by atoms with Gasteiger partial charge in [0.1, 0.15) is 4.90 Å². The monoisotopic (exact) mass is 272 g/mol. The molecule has 0 bridgehead atoms. The van der Waals surface area contributed by atoms with Gasteiger partial charge in [0.2, 0.25) is 10.0 Å². The van der Waals surface area contributed by atoms with Gasteiger partial charge in [-0.05, 0) is 32.6 Å². The first-order valence-electron chi connectivity index (χ1n) is 6.16. The Hall–Kier alpha value is -0.920. The SMILES string of the molecule is Cc1[nH]ncc1S(=O)(=O)N(C)C1CCC(N)CC1. The van der Waals surface area contributed by atoms with Gasteiger partial charge in [-0.3, -0.25) is 5.10 Å². The van der Waals surface area contributed by atoms with Crippen LogP contribution >= 0.6 is 0 Å². The van der Waals surface area contributed by atoms with Crippen molar-refractivity contribution in [3.8, 4) is 0 Å². The number of H-pyrrole nitrogens is 1. The van der Waals surface area contributed by atoms with Crippen LogP contribution in [0.15, 0.2) is 11.1 Å². The van der Waals surface area contributed by atoms with E-state index >= 15 is 0 Å². The molecule has 0 atom stereocenters. The standard InChI is InChI=1S/C11H20N4O2S/c1-8-11(7-13-14-8)18(16,17)15(2)10-5-3-9(12)4-6-10/h7,9-10H,3-6,12H2,1-2H3,(H,13,14). The molecule has 18 heavy (non-hydrogen) atoms. The fraction of sp³-hybridized carbons (Fsp3) is 0.727. The van der Waals surface area contributed by atoms with Gasteiger partial charge in [0.05, 0.1) is 11.9 Å². The highest BCUT2D eigenvalue weighted by Crippen LogP contribution is 2.26. The van der Waals surface area contributed by atoms with Crippen molar-refractivity contribution in [2.24, 2.45) is 5.73 Å². The third kappa shape index (κ3) is 2.43. The van der Waals surface area contributed by atoms with Crippen LogP contribution in [0.2, 0.25) is 0 Å². The minimum atomic E-state index is -3.44. The van der Waals surface area contributed by atoms with E-state index in [0.29, 0.717) is 5.69 Å². The molecule has 1 saturated carbocycles. The van der Waals surface area contributed by atoms with E-state index in [4.69, 9.17) is 5.73 Å². The number of aromatic nitrogens is 2. The summed E-state index contributed by atoms with van der Waals surface area (Å²) in [4.78, 5) is 0.264. The van der Waals surface area contributed by atoms with E-state index in [1.165, 1.54) is 10.5 Å². The van der Waals surface area contributed by atoms with E-state index < -0.39 is 10.0 Å². The second-order valence-electron chi connectivity index (χ2n) is 4.95. The van der Waals surface area contributed by atoms with Gasteiger partial charge < -0.3 is 5.73 Å². The second-order valence-corrected chi connectivity index (χ2v) is 6.92. The number of nitrogens with two attached hydrogens (primary N) is 1. The van der Waals surface area contributed by atoms with Gasteiger partial charge in [0, 0.05) is 19.1 Å². The summed E-state index contributed by atoms with van der Waals surface area (Å²) in [6, 6.07) is 0.261. The number of aromatic amines is 1. The van der Waals surface area contributed by atoms with Crippen molar-refractivity contribution >= 4 is 10.0 Å². The first kappa shape index (κ1) is 13.5. The van der Waals surface area contributed by atoms with Crippen LogP contribution < -0.4 is 5.73 Å². The summed E-state index contributed by atoms with van der Waals surface area (Å²) < 4.78 is 26.3. The van der Waals surface area contributed by atoms with Crippen molar-refractivity contribution < 1.29 is 8.42 Å². The third-order valence-electron chi connectivity index (χ3n) is 3.70. The number of hydrogen-bond donors (Lipinski definition) is 2. The van der Waals surface area contributed by atoms with Crippen LogP contribution in [-0.2, 0) is 10.0 Å². The molecule has 6 nitrogen and oxygen atoms in total. The van der Waals surface area contributed by atoms with Gasteiger partial charge >= 0.3 is 0 Å². The van der Waals surface area contributed by atoms with Gasteiger partial charge in [-0.1, -0.05) is 0 Å². The Balaban J connectivity index is 2.18. The van der Waals surface area contributed by atoms with Crippen molar-refractivity contribution in [3.63, 3.8) is 0 Å². The molecule has 7 heteroatoms. The zero-order valence-corrected chi connectivity index (χ0v) is 11.6. The predicted molar refractivity (Wildman–Crippen MR) is 68.5 cm³/mol. The highest BCUT2D eigenvalue weighted by Gasteiger charge is 2.32. The fourth-order valence-corrected chi connectivity index (χ4v) is 3.95. The van der Waals surface area contributed by atoms with E-state index in [0.717, 1.165) is 25.7 Å². The zero-order chi connectivity index (χ0) is 13.3. The van der Waals surface area contributed by atoms with Crippen molar-refractivity contribution in [1.82, 2.24) is 14.5 Å². The molecule has 102 valence electrons. The molecular formula is C11H20N4O2S. The van der Waals surface area contributed by atoms with E-state index in [2.05, 4.69) is 10.2 Å². The lowest BCUT2D eigenvalue weighted by Crippen LogP contribution is -2.41. The zero-order valence-electron chi connectivity index (χ0n) is 10.8. The number of nitrogens with one attached hydrogen (secondary N) is 1. The number of sulfonamides is 1. The number of aryl methyl sites for hydroxylation is 1. The lowest BCUT2D eigenvalue weighted by Gasteiger charge is -2.32. The van der Waals surface area contributed by atoms with Crippen LogP contribution in [0.4, 0.5) is 0 Å². The minimum absolute atomic E-state index is 0.0455. The van der Waals surface area contributed by atoms with E-state index in [9.17, 15) is 8.42 Å². The molecule has 1 aromatic heterocycles. The van der Waals surface area contributed by atoms with Crippen LogP contribution in [0.5, 0.6) is 0 Å². The number of rotatable bonds is 3. The molecule has 1 aliphatic rings. The predicted octanol–water partition coefficient (Wildman–Crippen LogP) is 0.609. The molecule has 1 aliphatic carbocycles. The number of nitrogens with zero attached hydrogens (tertiary/aromatic N) is 2. The lowest BCUT2D eigenvalue weighted by molar-refractivity contribution is 0.268. The van der Waals surface area contributed by atoms with Gasteiger partial charge in [-0.15, -0.1) is 0 Å². The molecule has 2 rings (SSSR count). The molecular weight excluding hydrogens is 252 g/mol. The smallest absolute Gasteiger partial charge is 0.246 e. The van der Waals surface area contributed by atoms with Gasteiger partial charge in [-0.2, -0.15) is 9.40 Å². The molecule has 0 aliphatic heterocycles. The topological polar surface area (TPSA) is 92.1 Å². The maximum atomic E-state index is 12.4. The Kier molecular flexibility index (Phi) is 3.74. The maximum absolute atomic E-state index is 12.4. The van der Waals surface area contributed by atoms with Crippen LogP contribution in [0.1, 0.15) is 31.4 Å². The quantitative estimate of drug-likeness (QED) is 0.843. The van der Waals surface area contributed by atoms with Gasteiger partial charge in [0.25, 0.3) is 0 Å². The summed E-state index contributed by atoms with van der Waals surface area (Å²) in [7, 11) is -1.80. The molecule has 0 spiro atoms. The summed E-state index contributed by atoms with van der Waals surface area (Å²) in [6.07, 6.45) is 4.79. The minimum Gasteiger partial charge on any atom is -0.328 e. The highest BCUT2D eigenvalue weighted by molar-refractivity contribution is 7.89. The average molecular weight is 272 g/mol. The first-order valence-corrected chi connectivity index (χ1v) is 7.60. The maximum Gasteiger partial charge on any atom is 0.246 e. The van der Waals surface area contributed by atoms with Gasteiger partial charge in [0.15, 0.2) is 0 Å². The Labute approximate surface area is 108 Å². The number of hydrogen-bond acceptors (Lipinski definition) is 4. The first-order chi connectivity index (χ1) is 8.43. The molecule has 0 amide bonds. The van der Waals surface area contributed by atoms with Gasteiger partial charge in [-0.25, -0.2) is 8.42 Å². The van der Waals surface area contributed by atoms with E-state index in [1.807, 2.05) is 0 Å². The molecule has 1 fully saturated rings. The summed E-state index contributed by atoms with van der Waals surface area (Å²) in [5.41, 5.74) is 6.42. The molecule has 3 N–H and O–H groups in total. The Bertz CT molecular complexity index is 503. The Morgan fingerprint density at radius 3 is 2.50 bits per heavy atom. The summed E-state index contributed by atoms with van der Waals surface area (Å²) in [5, 5.41) is 6.44. The summed E-state index contributed by atoms with van der Waals surface area (Å²) >= 11 is 0. The highest BCUT2D eigenvalue weighted by atomic mass is 32.2. The lowest BCUT2D eigenvalue weighted by atomic mass is 9.92. The van der Waals surface area contributed by atoms with Crippen molar-refractivity contribution in [1.29, 1.82) is 0 Å². The Morgan fingerprint density at radius 2 is 2.00 bits per heavy atom. The Morgan fingerprint density at radius 1 is 1.39 bits per heavy atom. The summed E-state index contributed by atoms with van der Waals surface area (Å²) in [6.45, 7) is 1.71. The van der Waals surface area contributed by atoms with Crippen molar-refractivity contribution in [3.05, 3.63) is 11.9 Å². The van der Waals surface area contributed by atoms with E-state index in [-0.39, 0.29) is 17.0 Å². The molecule has 0 saturated heterocycles. The molecule has 0 aromatic carbocycles. The second kappa shape index (κ2) is 4.99. The molecule has 1 aromatic rings.